The number of rotatable bonds is 0. The van der Waals surface area contributed by atoms with Crippen LogP contribution in [0.3, 0.4) is 0 Å². The van der Waals surface area contributed by atoms with Crippen LogP contribution in [0.4, 0.5) is 0 Å². The molecule has 1 aromatic carbocycles. The van der Waals surface area contributed by atoms with Crippen LogP contribution >= 0.6 is 0 Å². The van der Waals surface area contributed by atoms with Gasteiger partial charge in [0.1, 0.15) is 0 Å². The third kappa shape index (κ3) is 0.972. The number of hydrogen-bond donors (Lipinski definition) is 0. The highest BCUT2D eigenvalue weighted by Gasteiger charge is 2.05. The predicted molar refractivity (Wildman–Crippen MR) is 43.2 cm³/mol. The second-order valence-corrected chi connectivity index (χ2v) is 2.52. The average Bonchev–Trinajstić information content (AvgIpc) is 2.07. The van der Waals surface area contributed by atoms with Gasteiger partial charge in [-0.2, -0.15) is 0 Å². The maximum absolute atomic E-state index is 11.0. The summed E-state index contributed by atoms with van der Waals surface area (Å²) in [6.45, 7) is 1.63. The molecule has 0 bridgehead atoms. The molecule has 0 spiro atoms. The first-order valence-corrected chi connectivity index (χ1v) is 3.60. The van der Waals surface area contributed by atoms with E-state index in [1.54, 1.807) is 13.0 Å². The van der Waals surface area contributed by atoms with Crippen LogP contribution in [-0.2, 0) is 0 Å². The molecule has 12 heavy (non-hydrogen) atoms. The lowest BCUT2D eigenvalue weighted by Gasteiger charge is -1.99. The summed E-state index contributed by atoms with van der Waals surface area (Å²) in [6, 6.07) is 7.28. The second-order valence-electron chi connectivity index (χ2n) is 2.52. The fourth-order valence-corrected chi connectivity index (χ4v) is 1.03. The molecule has 60 valence electrons. The van der Waals surface area contributed by atoms with Crippen LogP contribution in [0.15, 0.2) is 24.3 Å². The molecule has 2 rings (SSSR count). The lowest BCUT2D eigenvalue weighted by Crippen LogP contribution is -2.35. The number of aryl methyl sites for hydroxylation is 1. The van der Waals surface area contributed by atoms with Crippen molar-refractivity contribution >= 4 is 11.0 Å². The third-order valence-electron chi connectivity index (χ3n) is 1.64. The number of fused-ring (bicyclic) bond motifs is 1. The zero-order chi connectivity index (χ0) is 8.55. The van der Waals surface area contributed by atoms with Crippen LogP contribution in [0.1, 0.15) is 5.82 Å². The van der Waals surface area contributed by atoms with E-state index in [2.05, 4.69) is 10.1 Å². The van der Waals surface area contributed by atoms with E-state index in [-0.39, 0.29) is 0 Å². The number of hydrogen-bond acceptors (Lipinski definition) is 3. The second kappa shape index (κ2) is 2.41. The molecule has 1 heterocycles. The minimum atomic E-state index is 0.369. The summed E-state index contributed by atoms with van der Waals surface area (Å²) in [5.74, 6) is 0.369. The smallest absolute Gasteiger partial charge is 0.319 e. The van der Waals surface area contributed by atoms with Gasteiger partial charge in [0.15, 0.2) is 5.52 Å². The van der Waals surface area contributed by atoms with Crippen molar-refractivity contribution < 1.29 is 4.85 Å². The van der Waals surface area contributed by atoms with Crippen molar-refractivity contribution in [3.63, 3.8) is 0 Å². The number of nitrogens with zero attached hydrogens (tertiary/aromatic N) is 3. The highest BCUT2D eigenvalue weighted by molar-refractivity contribution is 5.72. The first-order valence-electron chi connectivity index (χ1n) is 3.60. The molecule has 4 nitrogen and oxygen atoms in total. The Kier molecular flexibility index (Phi) is 1.40. The third-order valence-corrected chi connectivity index (χ3v) is 1.64. The lowest BCUT2D eigenvalue weighted by molar-refractivity contribution is -0.675. The number of benzene rings is 1. The molecule has 0 aliphatic carbocycles. The average molecular weight is 161 g/mol. The summed E-state index contributed by atoms with van der Waals surface area (Å²) < 4.78 is 0. The molecule has 0 N–H and O–H groups in total. The van der Waals surface area contributed by atoms with Gasteiger partial charge in [0.25, 0.3) is 0 Å². The van der Waals surface area contributed by atoms with Gasteiger partial charge in [-0.05, 0) is 17.1 Å². The van der Waals surface area contributed by atoms with Crippen molar-refractivity contribution in [2.75, 3.05) is 0 Å². The van der Waals surface area contributed by atoms with Crippen molar-refractivity contribution in [3.05, 3.63) is 35.3 Å². The fraction of sp³-hybridized carbons (Fsp3) is 0.125. The summed E-state index contributed by atoms with van der Waals surface area (Å²) in [4.78, 5) is 4.59. The maximum atomic E-state index is 11.0. The minimum Gasteiger partial charge on any atom is -0.691 e. The van der Waals surface area contributed by atoms with Crippen LogP contribution in [0.5, 0.6) is 0 Å². The topological polar surface area (TPSA) is 52.7 Å². The molecule has 0 radical (unpaired) electrons. The van der Waals surface area contributed by atoms with Gasteiger partial charge >= 0.3 is 5.82 Å². The Morgan fingerprint density at radius 3 is 2.67 bits per heavy atom. The Morgan fingerprint density at radius 2 is 1.92 bits per heavy atom. The number of para-hydroxylation sites is 1. The Morgan fingerprint density at radius 1 is 1.25 bits per heavy atom. The normalized spacial score (nSPS) is 10.4. The van der Waals surface area contributed by atoms with Crippen LogP contribution in [0.25, 0.3) is 11.0 Å². The van der Waals surface area contributed by atoms with Gasteiger partial charge in [0.05, 0.1) is 0 Å². The Bertz CT molecular complexity index is 387. The van der Waals surface area contributed by atoms with Gasteiger partial charge in [0.2, 0.25) is 5.52 Å². The quantitative estimate of drug-likeness (QED) is 0.419. The molecule has 0 saturated carbocycles. The molecule has 0 unspecified atom stereocenters. The molecular formula is C8H7N3O. The molecule has 0 saturated heterocycles. The van der Waals surface area contributed by atoms with Gasteiger partial charge in [0, 0.05) is 6.92 Å². The predicted octanol–water partition coefficient (Wildman–Crippen LogP) is 0.572. The molecule has 0 atom stereocenters. The fourth-order valence-electron chi connectivity index (χ4n) is 1.03. The SMILES string of the molecule is Cc1nc2ccccc2n[n+]1[O-]. The molecular weight excluding hydrogens is 154 g/mol. The van der Waals surface area contributed by atoms with Gasteiger partial charge in [-0.15, -0.1) is 4.85 Å². The first-order chi connectivity index (χ1) is 5.77. The van der Waals surface area contributed by atoms with Crippen molar-refractivity contribution in [3.8, 4) is 0 Å². The van der Waals surface area contributed by atoms with Crippen LogP contribution in [0.2, 0.25) is 0 Å². The van der Waals surface area contributed by atoms with E-state index in [0.717, 1.165) is 5.52 Å². The van der Waals surface area contributed by atoms with Crippen LogP contribution in [-0.4, -0.2) is 10.1 Å². The summed E-state index contributed by atoms with van der Waals surface area (Å²) in [6.07, 6.45) is 0. The Hall–Kier alpha value is -1.71. The van der Waals surface area contributed by atoms with Gasteiger partial charge in [-0.3, -0.25) is 0 Å². The molecule has 4 heteroatoms. The summed E-state index contributed by atoms with van der Waals surface area (Å²) in [7, 11) is 0. The highest BCUT2D eigenvalue weighted by Crippen LogP contribution is 2.04. The van der Waals surface area contributed by atoms with E-state index in [4.69, 9.17) is 0 Å². The first kappa shape index (κ1) is 6.97. The lowest BCUT2D eigenvalue weighted by atomic mass is 10.3. The molecule has 0 fully saturated rings. The van der Waals surface area contributed by atoms with E-state index in [0.29, 0.717) is 16.2 Å². The van der Waals surface area contributed by atoms with Gasteiger partial charge in [-0.25, -0.2) is 0 Å². The summed E-state index contributed by atoms with van der Waals surface area (Å²) in [5, 5.41) is 14.7. The molecule has 0 aliphatic heterocycles. The van der Waals surface area contributed by atoms with E-state index in [1.807, 2.05) is 18.2 Å². The molecule has 2 aromatic rings. The van der Waals surface area contributed by atoms with Crippen molar-refractivity contribution in [1.29, 1.82) is 0 Å². The highest BCUT2D eigenvalue weighted by atomic mass is 16.5. The zero-order valence-electron chi connectivity index (χ0n) is 6.56. The van der Waals surface area contributed by atoms with E-state index in [9.17, 15) is 5.21 Å². The van der Waals surface area contributed by atoms with Gasteiger partial charge in [-0.1, -0.05) is 17.2 Å². The molecule has 0 aliphatic rings. The monoisotopic (exact) mass is 161 g/mol. The summed E-state index contributed by atoms with van der Waals surface area (Å²) >= 11 is 0. The molecule has 0 amide bonds. The van der Waals surface area contributed by atoms with E-state index >= 15 is 0 Å². The van der Waals surface area contributed by atoms with Crippen molar-refractivity contribution in [2.45, 2.75) is 6.92 Å². The van der Waals surface area contributed by atoms with E-state index < -0.39 is 0 Å². The zero-order valence-corrected chi connectivity index (χ0v) is 6.56. The largest absolute Gasteiger partial charge is 0.691 e. The van der Waals surface area contributed by atoms with Crippen molar-refractivity contribution in [2.24, 2.45) is 0 Å². The summed E-state index contributed by atoms with van der Waals surface area (Å²) in [5.41, 5.74) is 1.38. The van der Waals surface area contributed by atoms with Crippen LogP contribution in [0, 0.1) is 12.1 Å². The van der Waals surface area contributed by atoms with Crippen molar-refractivity contribution in [1.82, 2.24) is 10.1 Å². The maximum Gasteiger partial charge on any atom is 0.319 e. The minimum absolute atomic E-state index is 0.369. The number of aromatic nitrogens is 3. The van der Waals surface area contributed by atoms with E-state index in [1.165, 1.54) is 0 Å². The van der Waals surface area contributed by atoms with Crippen LogP contribution < -0.4 is 4.85 Å². The molecule has 1 aromatic heterocycles. The Balaban J connectivity index is 2.84. The Labute approximate surface area is 69.1 Å². The van der Waals surface area contributed by atoms with Gasteiger partial charge < -0.3 is 5.21 Å². The standard InChI is InChI=1S/C8H7N3O/c1-6-9-7-4-2-3-5-8(7)10-11(6)12/h2-5H,1H3.